The number of fused-ring (bicyclic) bond motifs is 1. The molecular weight excluding hydrogens is 500 g/mol. The molecule has 3 fully saturated rings. The summed E-state index contributed by atoms with van der Waals surface area (Å²) >= 11 is 6.33. The van der Waals surface area contributed by atoms with Crippen molar-refractivity contribution in [3.05, 3.63) is 71.3 Å². The Hall–Kier alpha value is -3.62. The SMILES string of the molecule is O=C(Nc1nccc(NCc2cn3cc(C4CC4)cc(NC4COC4)c3n2)c1-c1cccc(Cl)c1)C1CC1. The maximum atomic E-state index is 12.6. The first-order chi connectivity index (χ1) is 18.6. The van der Waals surface area contributed by atoms with Gasteiger partial charge in [0.15, 0.2) is 5.65 Å². The summed E-state index contributed by atoms with van der Waals surface area (Å²) in [5.41, 5.74) is 6.80. The van der Waals surface area contributed by atoms with Gasteiger partial charge in [-0.1, -0.05) is 23.7 Å². The van der Waals surface area contributed by atoms with Crippen molar-refractivity contribution >= 4 is 40.3 Å². The number of pyridine rings is 2. The molecule has 0 spiro atoms. The van der Waals surface area contributed by atoms with Gasteiger partial charge in [0.1, 0.15) is 5.82 Å². The van der Waals surface area contributed by atoms with Crippen molar-refractivity contribution in [2.75, 3.05) is 29.2 Å². The number of aromatic nitrogens is 3. The minimum atomic E-state index is 0.0154. The van der Waals surface area contributed by atoms with Gasteiger partial charge in [-0.25, -0.2) is 9.97 Å². The molecule has 3 aliphatic rings. The molecule has 4 heterocycles. The van der Waals surface area contributed by atoms with Gasteiger partial charge >= 0.3 is 0 Å². The van der Waals surface area contributed by atoms with E-state index in [1.807, 2.05) is 30.3 Å². The molecule has 194 valence electrons. The van der Waals surface area contributed by atoms with Crippen LogP contribution >= 0.6 is 11.6 Å². The van der Waals surface area contributed by atoms with Crippen LogP contribution in [0.5, 0.6) is 0 Å². The van der Waals surface area contributed by atoms with Crippen LogP contribution in [0.1, 0.15) is 42.9 Å². The molecule has 38 heavy (non-hydrogen) atoms. The Labute approximate surface area is 225 Å². The molecule has 9 heteroatoms. The molecule has 1 amide bonds. The molecule has 3 aromatic heterocycles. The lowest BCUT2D eigenvalue weighted by molar-refractivity contribution is -0.117. The van der Waals surface area contributed by atoms with Gasteiger partial charge in [0.25, 0.3) is 0 Å². The number of nitrogens with one attached hydrogen (secondary N) is 3. The molecule has 4 aromatic rings. The zero-order valence-corrected chi connectivity index (χ0v) is 21.7. The number of hydrogen-bond donors (Lipinski definition) is 3. The standard InChI is InChI=1S/C29H29ClN6O2/c30-21-3-1-2-19(10-21)26-24(8-9-31-27(26)35-29(37)18-6-7-18)32-12-22-14-36-13-20(17-4-5-17)11-25(28(36)34-22)33-23-15-38-16-23/h1-3,8-11,13-14,17-18,23,33H,4-7,12,15-16H2,(H2,31,32,35,37). The number of carbonyl (C=O) groups excluding carboxylic acids is 1. The molecule has 1 aromatic carbocycles. The molecule has 7 rings (SSSR count). The second kappa shape index (κ2) is 9.60. The third kappa shape index (κ3) is 4.81. The molecule has 0 unspecified atom stereocenters. The maximum Gasteiger partial charge on any atom is 0.228 e. The minimum Gasteiger partial charge on any atom is -0.379 e. The molecule has 0 radical (unpaired) electrons. The number of rotatable bonds is 9. The van der Waals surface area contributed by atoms with Crippen molar-refractivity contribution in [3.8, 4) is 11.1 Å². The van der Waals surface area contributed by atoms with Crippen LogP contribution in [0.2, 0.25) is 5.02 Å². The summed E-state index contributed by atoms with van der Waals surface area (Å²) in [6.45, 7) is 1.96. The molecule has 1 aliphatic heterocycles. The van der Waals surface area contributed by atoms with Crippen LogP contribution in [0.4, 0.5) is 17.2 Å². The van der Waals surface area contributed by atoms with E-state index in [-0.39, 0.29) is 11.8 Å². The Morgan fingerprint density at radius 1 is 1.08 bits per heavy atom. The first kappa shape index (κ1) is 23.5. The zero-order chi connectivity index (χ0) is 25.6. The van der Waals surface area contributed by atoms with E-state index in [0.717, 1.165) is 59.9 Å². The minimum absolute atomic E-state index is 0.0154. The van der Waals surface area contributed by atoms with Crippen LogP contribution in [0, 0.1) is 5.92 Å². The predicted molar refractivity (Wildman–Crippen MR) is 149 cm³/mol. The van der Waals surface area contributed by atoms with E-state index in [1.54, 1.807) is 6.20 Å². The fourth-order valence-corrected chi connectivity index (χ4v) is 5.12. The monoisotopic (exact) mass is 528 g/mol. The van der Waals surface area contributed by atoms with Gasteiger partial charge < -0.3 is 25.1 Å². The van der Waals surface area contributed by atoms with Crippen molar-refractivity contribution in [2.24, 2.45) is 5.92 Å². The first-order valence-electron chi connectivity index (χ1n) is 13.3. The van der Waals surface area contributed by atoms with Gasteiger partial charge in [0.05, 0.1) is 37.2 Å². The molecule has 0 bridgehead atoms. The van der Waals surface area contributed by atoms with Crippen LogP contribution in [-0.2, 0) is 16.1 Å². The van der Waals surface area contributed by atoms with Crippen molar-refractivity contribution in [2.45, 2.75) is 44.2 Å². The molecule has 3 N–H and O–H groups in total. The van der Waals surface area contributed by atoms with E-state index in [1.165, 1.54) is 18.4 Å². The normalized spacial score (nSPS) is 17.3. The number of hydrogen-bond acceptors (Lipinski definition) is 6. The van der Waals surface area contributed by atoms with Crippen LogP contribution in [0.15, 0.2) is 55.0 Å². The van der Waals surface area contributed by atoms with Crippen LogP contribution in [-0.4, -0.2) is 39.5 Å². The summed E-state index contributed by atoms with van der Waals surface area (Å²) in [6.07, 6.45) is 10.4. The second-order valence-corrected chi connectivity index (χ2v) is 10.9. The topological polar surface area (TPSA) is 92.6 Å². The highest BCUT2D eigenvalue weighted by molar-refractivity contribution is 6.30. The molecule has 2 aliphatic carbocycles. The number of carbonyl (C=O) groups is 1. The fourth-order valence-electron chi connectivity index (χ4n) is 4.93. The highest BCUT2D eigenvalue weighted by atomic mass is 35.5. The number of nitrogens with zero attached hydrogens (tertiary/aromatic N) is 3. The smallest absolute Gasteiger partial charge is 0.228 e. The van der Waals surface area contributed by atoms with Crippen molar-refractivity contribution in [3.63, 3.8) is 0 Å². The van der Waals surface area contributed by atoms with Gasteiger partial charge in [0, 0.05) is 40.8 Å². The summed E-state index contributed by atoms with van der Waals surface area (Å²) in [6, 6.07) is 12.1. The zero-order valence-electron chi connectivity index (χ0n) is 20.9. The average molecular weight is 529 g/mol. The number of benzene rings is 1. The number of amides is 1. The van der Waals surface area contributed by atoms with E-state index in [0.29, 0.717) is 29.3 Å². The van der Waals surface area contributed by atoms with E-state index >= 15 is 0 Å². The summed E-state index contributed by atoms with van der Waals surface area (Å²) < 4.78 is 7.50. The number of halogens is 1. The van der Waals surface area contributed by atoms with Gasteiger partial charge in [-0.05, 0) is 67.0 Å². The van der Waals surface area contributed by atoms with E-state index in [2.05, 4.69) is 43.8 Å². The average Bonchev–Trinajstić information content (AvgIpc) is 3.81. The lowest BCUT2D eigenvalue weighted by atomic mass is 10.0. The van der Waals surface area contributed by atoms with Gasteiger partial charge in [0.2, 0.25) is 5.91 Å². The van der Waals surface area contributed by atoms with Crippen molar-refractivity contribution in [1.82, 2.24) is 14.4 Å². The Morgan fingerprint density at radius 2 is 1.95 bits per heavy atom. The lowest BCUT2D eigenvalue weighted by Gasteiger charge is -2.28. The molecule has 1 saturated heterocycles. The first-order valence-corrected chi connectivity index (χ1v) is 13.6. The van der Waals surface area contributed by atoms with Gasteiger partial charge in [-0.3, -0.25) is 4.79 Å². The van der Waals surface area contributed by atoms with Crippen LogP contribution in [0.25, 0.3) is 16.8 Å². The number of ether oxygens (including phenoxy) is 1. The van der Waals surface area contributed by atoms with E-state index in [4.69, 9.17) is 21.3 Å². The third-order valence-corrected chi connectivity index (χ3v) is 7.62. The number of anilines is 3. The van der Waals surface area contributed by atoms with Crippen LogP contribution < -0.4 is 16.0 Å². The van der Waals surface area contributed by atoms with Gasteiger partial charge in [-0.2, -0.15) is 0 Å². The molecule has 0 atom stereocenters. The van der Waals surface area contributed by atoms with E-state index in [9.17, 15) is 4.79 Å². The summed E-state index contributed by atoms with van der Waals surface area (Å²) in [7, 11) is 0. The number of imidazole rings is 1. The van der Waals surface area contributed by atoms with Gasteiger partial charge in [-0.15, -0.1) is 0 Å². The highest BCUT2D eigenvalue weighted by Crippen LogP contribution is 2.42. The molecule has 2 saturated carbocycles. The summed E-state index contributed by atoms with van der Waals surface area (Å²) in [5.74, 6) is 1.27. The van der Waals surface area contributed by atoms with Crippen LogP contribution in [0.3, 0.4) is 0 Å². The lowest BCUT2D eigenvalue weighted by Crippen LogP contribution is -2.40. The second-order valence-electron chi connectivity index (χ2n) is 10.5. The Kier molecular flexibility index (Phi) is 5.93. The molecule has 8 nitrogen and oxygen atoms in total. The Morgan fingerprint density at radius 3 is 2.68 bits per heavy atom. The van der Waals surface area contributed by atoms with Crippen molar-refractivity contribution in [1.29, 1.82) is 0 Å². The third-order valence-electron chi connectivity index (χ3n) is 7.38. The quantitative estimate of drug-likeness (QED) is 0.258. The summed E-state index contributed by atoms with van der Waals surface area (Å²) in [5, 5.41) is 10.8. The van der Waals surface area contributed by atoms with Crippen molar-refractivity contribution < 1.29 is 9.53 Å². The Balaban J connectivity index is 1.20. The fraction of sp³-hybridized carbons (Fsp3) is 0.345. The highest BCUT2D eigenvalue weighted by Gasteiger charge is 2.31. The van der Waals surface area contributed by atoms with E-state index < -0.39 is 0 Å². The largest absolute Gasteiger partial charge is 0.379 e. The molecular formula is C29H29ClN6O2. The maximum absolute atomic E-state index is 12.6. The summed E-state index contributed by atoms with van der Waals surface area (Å²) in [4.78, 5) is 22.1. The Bertz CT molecular complexity index is 1520. The predicted octanol–water partition coefficient (Wildman–Crippen LogP) is 5.70.